The molecule has 0 radical (unpaired) electrons. The molecule has 0 amide bonds. The number of carboxylic acids is 1. The summed E-state index contributed by atoms with van der Waals surface area (Å²) >= 11 is 1.79. The Morgan fingerprint density at radius 2 is 1.61 bits per heavy atom. The van der Waals surface area contributed by atoms with Crippen LogP contribution in [0.25, 0.3) is 20.2 Å². The molecule has 0 fully saturated rings. The van der Waals surface area contributed by atoms with Crippen LogP contribution in [-0.2, 0) is 6.42 Å². The van der Waals surface area contributed by atoms with Crippen molar-refractivity contribution in [1.82, 2.24) is 0 Å². The summed E-state index contributed by atoms with van der Waals surface area (Å²) in [6.07, 6.45) is 0.628. The first-order chi connectivity index (χ1) is 11.2. The van der Waals surface area contributed by atoms with E-state index in [-0.39, 0.29) is 0 Å². The zero-order valence-electron chi connectivity index (χ0n) is 12.3. The molecular weight excluding hydrogens is 304 g/mol. The minimum Gasteiger partial charge on any atom is -0.478 e. The van der Waals surface area contributed by atoms with Gasteiger partial charge >= 0.3 is 5.97 Å². The maximum Gasteiger partial charge on any atom is 0.335 e. The summed E-state index contributed by atoms with van der Waals surface area (Å²) < 4.78 is 2.55. The summed E-state index contributed by atoms with van der Waals surface area (Å²) in [6.45, 7) is 0. The van der Waals surface area contributed by atoms with E-state index in [9.17, 15) is 9.90 Å². The van der Waals surface area contributed by atoms with Gasteiger partial charge in [0.1, 0.15) is 0 Å². The topological polar surface area (TPSA) is 37.3 Å². The molecule has 0 aliphatic carbocycles. The highest BCUT2D eigenvalue weighted by atomic mass is 32.1. The van der Waals surface area contributed by atoms with Crippen molar-refractivity contribution < 1.29 is 9.90 Å². The Bertz CT molecular complexity index is 1030. The van der Waals surface area contributed by atoms with Crippen LogP contribution >= 0.6 is 11.3 Å². The highest BCUT2D eigenvalue weighted by Gasteiger charge is 2.11. The molecule has 4 rings (SSSR count). The predicted molar refractivity (Wildman–Crippen MR) is 95.5 cm³/mol. The Hall–Kier alpha value is -2.65. The molecule has 0 saturated carbocycles. The first-order valence-corrected chi connectivity index (χ1v) is 8.25. The number of benzene rings is 3. The van der Waals surface area contributed by atoms with Gasteiger partial charge in [0.2, 0.25) is 0 Å². The second kappa shape index (κ2) is 5.52. The van der Waals surface area contributed by atoms with Crippen LogP contribution in [0.4, 0.5) is 0 Å². The molecule has 0 aliphatic rings. The van der Waals surface area contributed by atoms with Crippen molar-refractivity contribution in [3.8, 4) is 0 Å². The van der Waals surface area contributed by atoms with Crippen molar-refractivity contribution in [3.63, 3.8) is 0 Å². The lowest BCUT2D eigenvalue weighted by molar-refractivity contribution is 0.0696. The largest absolute Gasteiger partial charge is 0.478 e. The molecule has 0 aliphatic heterocycles. The van der Waals surface area contributed by atoms with E-state index in [1.54, 1.807) is 23.5 Å². The van der Waals surface area contributed by atoms with Gasteiger partial charge in [0.15, 0.2) is 0 Å². The second-order valence-corrected chi connectivity index (χ2v) is 6.65. The molecular formula is C20H14O2S. The molecule has 0 atom stereocenters. The summed E-state index contributed by atoms with van der Waals surface area (Å²) in [5, 5.41) is 11.8. The SMILES string of the molecule is O=C(O)c1ccccc1Cc1ccc2sc3ccccc3c2c1. The summed E-state index contributed by atoms with van der Waals surface area (Å²) in [6, 6.07) is 22.0. The van der Waals surface area contributed by atoms with Crippen molar-refractivity contribution in [1.29, 1.82) is 0 Å². The van der Waals surface area contributed by atoms with E-state index in [0.717, 1.165) is 11.1 Å². The minimum absolute atomic E-state index is 0.378. The van der Waals surface area contributed by atoms with Gasteiger partial charge in [-0.1, -0.05) is 42.5 Å². The van der Waals surface area contributed by atoms with Gasteiger partial charge in [-0.15, -0.1) is 11.3 Å². The lowest BCUT2D eigenvalue weighted by Gasteiger charge is -2.06. The Balaban J connectivity index is 1.81. The molecule has 1 heterocycles. The number of thiophene rings is 1. The Morgan fingerprint density at radius 3 is 2.48 bits per heavy atom. The molecule has 3 heteroatoms. The van der Waals surface area contributed by atoms with Gasteiger partial charge in [0.25, 0.3) is 0 Å². The molecule has 23 heavy (non-hydrogen) atoms. The first kappa shape index (κ1) is 14.0. The molecule has 3 aromatic carbocycles. The minimum atomic E-state index is -0.873. The summed E-state index contributed by atoms with van der Waals surface area (Å²) in [4.78, 5) is 11.4. The normalized spacial score (nSPS) is 11.1. The maximum atomic E-state index is 11.4. The third-order valence-corrected chi connectivity index (χ3v) is 5.24. The van der Waals surface area contributed by atoms with E-state index in [2.05, 4.69) is 42.5 Å². The van der Waals surface area contributed by atoms with E-state index in [0.29, 0.717) is 12.0 Å². The standard InChI is InChI=1S/C20H14O2S/c21-20(22)15-6-2-1-5-14(15)11-13-9-10-19-17(12-13)16-7-3-4-8-18(16)23-19/h1-10,12H,11H2,(H,21,22). The van der Waals surface area contributed by atoms with Crippen molar-refractivity contribution in [2.75, 3.05) is 0 Å². The second-order valence-electron chi connectivity index (χ2n) is 5.57. The Morgan fingerprint density at radius 1 is 0.870 bits per heavy atom. The third kappa shape index (κ3) is 2.49. The molecule has 0 saturated heterocycles. The van der Waals surface area contributed by atoms with Crippen molar-refractivity contribution in [2.45, 2.75) is 6.42 Å². The van der Waals surface area contributed by atoms with Crippen LogP contribution in [0.2, 0.25) is 0 Å². The smallest absolute Gasteiger partial charge is 0.335 e. The summed E-state index contributed by atoms with van der Waals surface area (Å²) in [7, 11) is 0. The quantitative estimate of drug-likeness (QED) is 0.553. The van der Waals surface area contributed by atoms with Crippen LogP contribution in [0, 0.1) is 0 Å². The van der Waals surface area contributed by atoms with E-state index in [1.165, 1.54) is 20.2 Å². The van der Waals surface area contributed by atoms with E-state index in [4.69, 9.17) is 0 Å². The number of aromatic carboxylic acids is 1. The number of carbonyl (C=O) groups is 1. The molecule has 0 bridgehead atoms. The van der Waals surface area contributed by atoms with Crippen molar-refractivity contribution in [3.05, 3.63) is 83.4 Å². The van der Waals surface area contributed by atoms with Crippen LogP contribution in [0.5, 0.6) is 0 Å². The van der Waals surface area contributed by atoms with Gasteiger partial charge in [0, 0.05) is 20.2 Å². The highest BCUT2D eigenvalue weighted by Crippen LogP contribution is 2.34. The molecule has 112 valence electrons. The lowest BCUT2D eigenvalue weighted by atomic mass is 9.98. The molecule has 0 unspecified atom stereocenters. The van der Waals surface area contributed by atoms with E-state index < -0.39 is 5.97 Å². The molecule has 1 N–H and O–H groups in total. The molecule has 4 aromatic rings. The van der Waals surface area contributed by atoms with Crippen LogP contribution < -0.4 is 0 Å². The van der Waals surface area contributed by atoms with Crippen LogP contribution in [-0.4, -0.2) is 11.1 Å². The predicted octanol–water partition coefficient (Wildman–Crippen LogP) is 5.34. The average molecular weight is 318 g/mol. The zero-order chi connectivity index (χ0) is 15.8. The van der Waals surface area contributed by atoms with Gasteiger partial charge < -0.3 is 5.11 Å². The third-order valence-electron chi connectivity index (χ3n) is 4.08. The van der Waals surface area contributed by atoms with Crippen LogP contribution in [0.1, 0.15) is 21.5 Å². The van der Waals surface area contributed by atoms with Crippen molar-refractivity contribution in [2.24, 2.45) is 0 Å². The first-order valence-electron chi connectivity index (χ1n) is 7.44. The van der Waals surface area contributed by atoms with Gasteiger partial charge in [0.05, 0.1) is 5.56 Å². The number of fused-ring (bicyclic) bond motifs is 3. The van der Waals surface area contributed by atoms with Gasteiger partial charge in [-0.25, -0.2) is 4.79 Å². The highest BCUT2D eigenvalue weighted by molar-refractivity contribution is 7.25. The summed E-state index contributed by atoms with van der Waals surface area (Å²) in [5.74, 6) is -0.873. The molecule has 1 aromatic heterocycles. The number of rotatable bonds is 3. The van der Waals surface area contributed by atoms with Crippen molar-refractivity contribution >= 4 is 37.5 Å². The zero-order valence-corrected chi connectivity index (χ0v) is 13.1. The number of hydrogen-bond acceptors (Lipinski definition) is 2. The monoisotopic (exact) mass is 318 g/mol. The number of hydrogen-bond donors (Lipinski definition) is 1. The van der Waals surface area contributed by atoms with Crippen LogP contribution in [0.3, 0.4) is 0 Å². The fraction of sp³-hybridized carbons (Fsp3) is 0.0500. The van der Waals surface area contributed by atoms with Gasteiger partial charge in [-0.2, -0.15) is 0 Å². The lowest BCUT2D eigenvalue weighted by Crippen LogP contribution is -2.02. The van der Waals surface area contributed by atoms with Gasteiger partial charge in [-0.05, 0) is 41.8 Å². The fourth-order valence-electron chi connectivity index (χ4n) is 2.99. The Labute approximate surface area is 137 Å². The maximum absolute atomic E-state index is 11.4. The number of carboxylic acid groups (broad SMARTS) is 1. The van der Waals surface area contributed by atoms with Crippen LogP contribution in [0.15, 0.2) is 66.7 Å². The summed E-state index contributed by atoms with van der Waals surface area (Å²) in [5.41, 5.74) is 2.36. The van der Waals surface area contributed by atoms with E-state index >= 15 is 0 Å². The van der Waals surface area contributed by atoms with E-state index in [1.807, 2.05) is 12.1 Å². The molecule has 0 spiro atoms. The molecule has 2 nitrogen and oxygen atoms in total. The fourth-order valence-corrected chi connectivity index (χ4v) is 4.07. The Kier molecular flexibility index (Phi) is 3.36. The van der Waals surface area contributed by atoms with Gasteiger partial charge in [-0.3, -0.25) is 0 Å². The average Bonchev–Trinajstić information content (AvgIpc) is 2.93.